The van der Waals surface area contributed by atoms with Gasteiger partial charge in [-0.15, -0.1) is 0 Å². The van der Waals surface area contributed by atoms with Crippen LogP contribution in [0, 0.1) is 6.92 Å². The topological polar surface area (TPSA) is 112 Å². The lowest BCUT2D eigenvalue weighted by molar-refractivity contribution is 0.385. The summed E-state index contributed by atoms with van der Waals surface area (Å²) in [6.45, 7) is 9.96. The number of hydrogen-bond acceptors (Lipinski definition) is 7. The SMILES string of the molecule is C=C/C(=C(\C=C)c1noc(=O)[nH]1)c1ccc(Cn2c(=O)n(Cc3ccccc3)c(=O)c3c(C)c(OC)sc32)cc1. The molecule has 9 nitrogen and oxygen atoms in total. The van der Waals surface area contributed by atoms with Crippen LogP contribution in [0.1, 0.15) is 28.1 Å². The Morgan fingerprint density at radius 3 is 2.23 bits per heavy atom. The number of fused-ring (bicyclic) bond motifs is 1. The molecular formula is C30H26N4O5S. The first-order valence-corrected chi connectivity index (χ1v) is 13.2. The third kappa shape index (κ3) is 4.80. The van der Waals surface area contributed by atoms with Crippen molar-refractivity contribution in [2.75, 3.05) is 7.11 Å². The van der Waals surface area contributed by atoms with E-state index in [9.17, 15) is 14.4 Å². The van der Waals surface area contributed by atoms with Gasteiger partial charge >= 0.3 is 11.4 Å². The Hall–Kier alpha value is -4.96. The van der Waals surface area contributed by atoms with E-state index in [2.05, 4.69) is 27.8 Å². The number of aromatic nitrogens is 4. The summed E-state index contributed by atoms with van der Waals surface area (Å²) in [5, 5.41) is 4.83. The molecule has 0 fully saturated rings. The first kappa shape index (κ1) is 26.6. The molecule has 0 aliphatic carbocycles. The maximum atomic E-state index is 13.7. The van der Waals surface area contributed by atoms with Gasteiger partial charge in [0, 0.05) is 11.1 Å². The highest BCUT2D eigenvalue weighted by Crippen LogP contribution is 2.34. The average Bonchev–Trinajstić information content (AvgIpc) is 3.55. The standard InChI is InChI=1S/C30H26N4O5S/c1-5-22(23(6-2)25-31-29(36)39-32-25)21-14-12-20(13-15-21)17-34-27-24(18(3)28(38-4)40-27)26(35)33(30(34)37)16-19-10-8-7-9-11-19/h5-15H,1-2,16-17H2,3-4H3,(H,31,32,36)/b23-22-. The van der Waals surface area contributed by atoms with Gasteiger partial charge in [0.2, 0.25) is 0 Å². The lowest BCUT2D eigenvalue weighted by atomic mass is 9.98. The van der Waals surface area contributed by atoms with Gasteiger partial charge in [0.1, 0.15) is 4.83 Å². The second-order valence-corrected chi connectivity index (χ2v) is 9.98. The first-order valence-electron chi connectivity index (χ1n) is 12.4. The van der Waals surface area contributed by atoms with Crippen LogP contribution >= 0.6 is 11.3 Å². The van der Waals surface area contributed by atoms with Crippen LogP contribution < -0.4 is 21.7 Å². The second-order valence-electron chi connectivity index (χ2n) is 9.02. The zero-order valence-electron chi connectivity index (χ0n) is 22.0. The Balaban J connectivity index is 1.59. The molecule has 5 rings (SSSR count). The summed E-state index contributed by atoms with van der Waals surface area (Å²) < 4.78 is 13.0. The van der Waals surface area contributed by atoms with Gasteiger partial charge in [-0.2, -0.15) is 0 Å². The molecule has 0 spiro atoms. The Labute approximate surface area is 232 Å². The number of thiophene rings is 1. The van der Waals surface area contributed by atoms with E-state index in [1.807, 2.05) is 61.5 Å². The Bertz CT molecular complexity index is 1940. The molecule has 0 amide bonds. The van der Waals surface area contributed by atoms with Gasteiger partial charge < -0.3 is 4.74 Å². The number of nitrogens with zero attached hydrogens (tertiary/aromatic N) is 3. The molecule has 0 unspecified atom stereocenters. The minimum atomic E-state index is -0.668. The number of allylic oxidation sites excluding steroid dienone is 4. The molecule has 202 valence electrons. The van der Waals surface area contributed by atoms with Gasteiger partial charge in [0.15, 0.2) is 10.9 Å². The predicted octanol–water partition coefficient (Wildman–Crippen LogP) is 4.60. The Morgan fingerprint density at radius 2 is 1.62 bits per heavy atom. The van der Waals surface area contributed by atoms with Crippen LogP contribution in [0.4, 0.5) is 0 Å². The van der Waals surface area contributed by atoms with Crippen molar-refractivity contribution in [3.63, 3.8) is 0 Å². The number of ether oxygens (including phenoxy) is 1. The fourth-order valence-electron chi connectivity index (χ4n) is 4.65. The molecular weight excluding hydrogens is 528 g/mol. The fraction of sp³-hybridized carbons (Fsp3) is 0.133. The molecule has 0 radical (unpaired) electrons. The normalized spacial score (nSPS) is 11.8. The zero-order chi connectivity index (χ0) is 28.4. The van der Waals surface area contributed by atoms with E-state index in [0.717, 1.165) is 16.7 Å². The number of rotatable bonds is 9. The minimum Gasteiger partial charge on any atom is -0.487 e. The highest BCUT2D eigenvalue weighted by Gasteiger charge is 2.21. The highest BCUT2D eigenvalue weighted by atomic mass is 32.1. The van der Waals surface area contributed by atoms with Crippen LogP contribution in [0.15, 0.2) is 98.8 Å². The largest absolute Gasteiger partial charge is 0.487 e. The van der Waals surface area contributed by atoms with Crippen LogP contribution in [0.2, 0.25) is 0 Å². The van der Waals surface area contributed by atoms with E-state index < -0.39 is 11.4 Å². The molecule has 0 aliphatic rings. The third-order valence-electron chi connectivity index (χ3n) is 6.62. The van der Waals surface area contributed by atoms with Gasteiger partial charge in [-0.25, -0.2) is 9.59 Å². The maximum absolute atomic E-state index is 13.7. The second kappa shape index (κ2) is 11.0. The molecule has 40 heavy (non-hydrogen) atoms. The van der Waals surface area contributed by atoms with Crippen LogP contribution in [-0.4, -0.2) is 26.4 Å². The number of nitrogens with one attached hydrogen (secondary N) is 1. The van der Waals surface area contributed by atoms with Gasteiger partial charge in [0.05, 0.1) is 25.6 Å². The molecule has 0 saturated heterocycles. The summed E-state index contributed by atoms with van der Waals surface area (Å²) in [6.07, 6.45) is 3.21. The Morgan fingerprint density at radius 1 is 0.975 bits per heavy atom. The number of hydrogen-bond donors (Lipinski definition) is 1. The molecule has 0 atom stereocenters. The van der Waals surface area contributed by atoms with Crippen molar-refractivity contribution in [1.82, 2.24) is 19.3 Å². The van der Waals surface area contributed by atoms with Gasteiger partial charge in [-0.3, -0.25) is 23.4 Å². The third-order valence-corrected chi connectivity index (χ3v) is 7.89. The van der Waals surface area contributed by atoms with Gasteiger partial charge in [-0.05, 0) is 29.2 Å². The van der Waals surface area contributed by atoms with E-state index in [1.54, 1.807) is 23.8 Å². The monoisotopic (exact) mass is 554 g/mol. The van der Waals surface area contributed by atoms with E-state index in [-0.39, 0.29) is 24.5 Å². The smallest absolute Gasteiger partial charge is 0.439 e. The van der Waals surface area contributed by atoms with Gasteiger partial charge in [0.25, 0.3) is 5.56 Å². The van der Waals surface area contributed by atoms with E-state index in [1.165, 1.54) is 15.9 Å². The van der Waals surface area contributed by atoms with Gasteiger partial charge in [-0.1, -0.05) is 96.4 Å². The number of methoxy groups -OCH3 is 1. The van der Waals surface area contributed by atoms with Crippen molar-refractivity contribution >= 4 is 32.7 Å². The predicted molar refractivity (Wildman–Crippen MR) is 157 cm³/mol. The molecule has 0 aliphatic heterocycles. The highest BCUT2D eigenvalue weighted by molar-refractivity contribution is 7.20. The van der Waals surface area contributed by atoms with Crippen molar-refractivity contribution in [2.24, 2.45) is 0 Å². The van der Waals surface area contributed by atoms with Crippen molar-refractivity contribution in [2.45, 2.75) is 20.0 Å². The van der Waals surface area contributed by atoms with Crippen molar-refractivity contribution in [3.8, 4) is 5.06 Å². The van der Waals surface area contributed by atoms with Crippen molar-refractivity contribution in [1.29, 1.82) is 0 Å². The molecule has 3 aromatic heterocycles. The number of aryl methyl sites for hydroxylation is 1. The summed E-state index contributed by atoms with van der Waals surface area (Å²) in [4.78, 5) is 41.8. The average molecular weight is 555 g/mol. The van der Waals surface area contributed by atoms with Crippen LogP contribution in [0.25, 0.3) is 21.4 Å². The summed E-state index contributed by atoms with van der Waals surface area (Å²) in [5.74, 6) is -0.422. The van der Waals surface area contributed by atoms with Crippen LogP contribution in [0.5, 0.6) is 5.06 Å². The summed E-state index contributed by atoms with van der Waals surface area (Å²) in [6, 6.07) is 17.0. The molecule has 0 saturated carbocycles. The van der Waals surface area contributed by atoms with E-state index in [0.29, 0.717) is 32.0 Å². The molecule has 2 aromatic carbocycles. The molecule has 10 heteroatoms. The van der Waals surface area contributed by atoms with Crippen LogP contribution in [-0.2, 0) is 13.1 Å². The van der Waals surface area contributed by atoms with E-state index in [4.69, 9.17) is 4.74 Å². The number of H-pyrrole nitrogens is 1. The maximum Gasteiger partial charge on any atom is 0.439 e. The number of benzene rings is 2. The molecule has 5 aromatic rings. The van der Waals surface area contributed by atoms with Crippen molar-refractivity contribution in [3.05, 3.63) is 139 Å². The first-order chi connectivity index (χ1) is 19.4. The molecule has 3 heterocycles. The minimum absolute atomic E-state index is 0.160. The lowest BCUT2D eigenvalue weighted by Gasteiger charge is -2.13. The van der Waals surface area contributed by atoms with E-state index >= 15 is 0 Å². The quantitative estimate of drug-likeness (QED) is 0.267. The summed E-state index contributed by atoms with van der Waals surface area (Å²) in [5.41, 5.74) is 3.73. The zero-order valence-corrected chi connectivity index (χ0v) is 22.8. The lowest BCUT2D eigenvalue weighted by Crippen LogP contribution is -2.40. The summed E-state index contributed by atoms with van der Waals surface area (Å²) >= 11 is 1.28. The van der Waals surface area contributed by atoms with Crippen LogP contribution in [0.3, 0.4) is 0 Å². The fourth-order valence-corrected chi connectivity index (χ4v) is 5.76. The molecule has 1 N–H and O–H groups in total. The number of aromatic amines is 1. The Kier molecular flexibility index (Phi) is 7.35. The van der Waals surface area contributed by atoms with Crippen molar-refractivity contribution < 1.29 is 9.26 Å². The molecule has 0 bridgehead atoms. The summed E-state index contributed by atoms with van der Waals surface area (Å²) in [7, 11) is 1.55.